The number of carbonyl (C=O) groups is 2. The van der Waals surface area contributed by atoms with Gasteiger partial charge in [-0.25, -0.2) is 9.97 Å². The van der Waals surface area contributed by atoms with Gasteiger partial charge >= 0.3 is 0 Å². The van der Waals surface area contributed by atoms with E-state index in [1.165, 1.54) is 30.1 Å². The van der Waals surface area contributed by atoms with Crippen LogP contribution >= 0.6 is 0 Å². The zero-order chi connectivity index (χ0) is 29.5. The molecule has 0 saturated heterocycles. The van der Waals surface area contributed by atoms with Crippen LogP contribution in [0, 0.1) is 0 Å². The molecule has 0 saturated carbocycles. The number of carbonyl (C=O) groups excluding carboxylic acids is 2. The van der Waals surface area contributed by atoms with E-state index in [9.17, 15) is 9.59 Å². The number of nitrogens with one attached hydrogen (secondary N) is 1. The molecule has 0 amide bonds. The highest BCUT2D eigenvalue weighted by molar-refractivity contribution is 6.34. The lowest BCUT2D eigenvalue weighted by molar-refractivity contribution is -0.113. The third-order valence-corrected chi connectivity index (χ3v) is 6.98. The molecule has 1 aliphatic rings. The predicted octanol–water partition coefficient (Wildman–Crippen LogP) is 5.18. The van der Waals surface area contributed by atoms with Gasteiger partial charge in [0, 0.05) is 54.7 Å². The normalized spacial score (nSPS) is 12.8. The number of rotatable bonds is 12. The van der Waals surface area contributed by atoms with Gasteiger partial charge in [0.1, 0.15) is 18.8 Å². The number of ether oxygens (including phenoxy) is 3. The van der Waals surface area contributed by atoms with E-state index >= 15 is 0 Å². The largest absolute Gasteiger partial charge is 0.493 e. The van der Waals surface area contributed by atoms with Crippen LogP contribution in [-0.4, -0.2) is 62.6 Å². The number of aromatic nitrogens is 2. The molecule has 3 aromatic carbocycles. The number of benzene rings is 3. The fraction of sp³-hybridized carbons (Fsp3) is 0.212. The fourth-order valence-electron chi connectivity index (χ4n) is 4.69. The van der Waals surface area contributed by atoms with E-state index in [4.69, 9.17) is 14.2 Å². The Bertz CT molecular complexity index is 1670. The maximum atomic E-state index is 13.0. The summed E-state index contributed by atoms with van der Waals surface area (Å²) in [5, 5.41) is 4.08. The Kier molecular flexibility index (Phi) is 8.89. The van der Waals surface area contributed by atoms with Crippen molar-refractivity contribution in [2.45, 2.75) is 6.42 Å². The zero-order valence-corrected chi connectivity index (χ0v) is 23.8. The van der Waals surface area contributed by atoms with Crippen molar-refractivity contribution in [1.29, 1.82) is 0 Å². The number of hydrogen-bond donors (Lipinski definition) is 1. The molecule has 9 nitrogen and oxygen atoms in total. The average molecular weight is 565 g/mol. The molecular formula is C33H32N4O5. The number of anilines is 3. The standard InChI is InChI=1S/C33H32N4O5/c1-37(14-13-22-7-5-4-6-8-22)23-9-11-28(25(17-23)26-18-24(38)10-12-30(26)39)36-33-27-19-31(41-3)32(42-16-15-40-2)20-29(27)34-21-35-33/h4-12,17-21H,13-16H2,1-3H3,(H,34,35,36). The Labute approximate surface area is 244 Å². The van der Waals surface area contributed by atoms with Crippen molar-refractivity contribution < 1.29 is 23.8 Å². The third kappa shape index (κ3) is 6.47. The van der Waals surface area contributed by atoms with Gasteiger partial charge in [-0.1, -0.05) is 30.3 Å². The van der Waals surface area contributed by atoms with Crippen molar-refractivity contribution in [3.63, 3.8) is 0 Å². The molecule has 1 N–H and O–H groups in total. The van der Waals surface area contributed by atoms with E-state index in [1.807, 2.05) is 49.5 Å². The lowest BCUT2D eigenvalue weighted by Gasteiger charge is -2.23. The van der Waals surface area contributed by atoms with Crippen LogP contribution in [0.5, 0.6) is 11.5 Å². The Hall–Kier alpha value is -5.02. The van der Waals surface area contributed by atoms with Gasteiger partial charge in [-0.3, -0.25) is 9.59 Å². The van der Waals surface area contributed by atoms with E-state index in [0.29, 0.717) is 58.3 Å². The van der Waals surface area contributed by atoms with E-state index < -0.39 is 0 Å². The average Bonchev–Trinajstić information content (AvgIpc) is 3.01. The van der Waals surface area contributed by atoms with Crippen LogP contribution in [0.15, 0.2) is 85.2 Å². The van der Waals surface area contributed by atoms with Crippen molar-refractivity contribution in [1.82, 2.24) is 9.97 Å². The van der Waals surface area contributed by atoms with Gasteiger partial charge in [-0.15, -0.1) is 0 Å². The summed E-state index contributed by atoms with van der Waals surface area (Å²) in [6, 6.07) is 19.7. The number of nitrogens with zero attached hydrogens (tertiary/aromatic N) is 3. The van der Waals surface area contributed by atoms with Gasteiger partial charge in [0.2, 0.25) is 0 Å². The summed E-state index contributed by atoms with van der Waals surface area (Å²) in [5.41, 5.74) is 4.33. The van der Waals surface area contributed by atoms with Crippen molar-refractivity contribution in [3.05, 3.63) is 96.3 Å². The quantitative estimate of drug-likeness (QED) is 0.184. The molecule has 1 aliphatic carbocycles. The van der Waals surface area contributed by atoms with E-state index in [2.05, 4.69) is 32.3 Å². The first-order valence-electron chi connectivity index (χ1n) is 13.6. The van der Waals surface area contributed by atoms with Crippen molar-refractivity contribution in [2.75, 3.05) is 51.2 Å². The molecule has 1 heterocycles. The summed E-state index contributed by atoms with van der Waals surface area (Å²) in [4.78, 5) is 36.3. The Morgan fingerprint density at radius 1 is 0.905 bits per heavy atom. The van der Waals surface area contributed by atoms with Crippen LogP contribution in [0.1, 0.15) is 11.1 Å². The number of fused-ring (bicyclic) bond motifs is 1. The second kappa shape index (κ2) is 13.1. The van der Waals surface area contributed by atoms with E-state index in [0.717, 1.165) is 18.7 Å². The molecule has 0 atom stereocenters. The van der Waals surface area contributed by atoms with Crippen LogP contribution in [0.4, 0.5) is 17.2 Å². The molecule has 5 rings (SSSR count). The van der Waals surface area contributed by atoms with Crippen LogP contribution in [0.25, 0.3) is 16.5 Å². The first kappa shape index (κ1) is 28.5. The molecule has 214 valence electrons. The molecule has 9 heteroatoms. The SMILES string of the molecule is COCCOc1cc2ncnc(Nc3ccc(N(C)CCc4ccccc4)cc3C3=CC(=O)C=CC3=O)c2cc1OC. The summed E-state index contributed by atoms with van der Waals surface area (Å²) in [7, 11) is 5.19. The second-order valence-electron chi connectivity index (χ2n) is 9.75. The lowest BCUT2D eigenvalue weighted by Crippen LogP contribution is -2.20. The molecule has 4 aromatic rings. The Morgan fingerprint density at radius 3 is 2.52 bits per heavy atom. The van der Waals surface area contributed by atoms with Gasteiger partial charge in [-0.05, 0) is 54.5 Å². The van der Waals surface area contributed by atoms with Crippen LogP contribution in [0.2, 0.25) is 0 Å². The van der Waals surface area contributed by atoms with Crippen LogP contribution in [-0.2, 0) is 20.7 Å². The molecule has 0 spiro atoms. The summed E-state index contributed by atoms with van der Waals surface area (Å²) >= 11 is 0. The van der Waals surface area contributed by atoms with Gasteiger partial charge < -0.3 is 24.4 Å². The maximum Gasteiger partial charge on any atom is 0.186 e. The molecular weight excluding hydrogens is 532 g/mol. The highest BCUT2D eigenvalue weighted by Crippen LogP contribution is 2.37. The second-order valence-corrected chi connectivity index (χ2v) is 9.75. The van der Waals surface area contributed by atoms with Crippen LogP contribution in [0.3, 0.4) is 0 Å². The number of hydrogen-bond acceptors (Lipinski definition) is 9. The van der Waals surface area contributed by atoms with Crippen LogP contribution < -0.4 is 19.7 Å². The van der Waals surface area contributed by atoms with Gasteiger partial charge in [-0.2, -0.15) is 0 Å². The van der Waals surface area contributed by atoms with Gasteiger partial charge in [0.15, 0.2) is 23.1 Å². The van der Waals surface area contributed by atoms with Crippen molar-refractivity contribution in [3.8, 4) is 11.5 Å². The summed E-state index contributed by atoms with van der Waals surface area (Å²) in [5.74, 6) is 1.09. The minimum absolute atomic E-state index is 0.239. The molecule has 1 aromatic heterocycles. The summed E-state index contributed by atoms with van der Waals surface area (Å²) in [6.45, 7) is 1.57. The van der Waals surface area contributed by atoms with Crippen molar-refractivity contribution >= 4 is 45.2 Å². The number of likely N-dealkylation sites (N-methyl/N-ethyl adjacent to an activating group) is 1. The smallest absolute Gasteiger partial charge is 0.186 e. The van der Waals surface area contributed by atoms with E-state index in [-0.39, 0.29) is 11.6 Å². The molecule has 0 bridgehead atoms. The molecule has 0 unspecified atom stereocenters. The van der Waals surface area contributed by atoms with E-state index in [1.54, 1.807) is 20.3 Å². The highest BCUT2D eigenvalue weighted by atomic mass is 16.5. The maximum absolute atomic E-state index is 13.0. The number of methoxy groups -OCH3 is 2. The molecule has 42 heavy (non-hydrogen) atoms. The minimum atomic E-state index is -0.242. The summed E-state index contributed by atoms with van der Waals surface area (Å²) in [6.07, 6.45) is 6.29. The monoisotopic (exact) mass is 564 g/mol. The van der Waals surface area contributed by atoms with Gasteiger partial charge in [0.05, 0.1) is 19.2 Å². The number of allylic oxidation sites excluding steroid dienone is 4. The summed E-state index contributed by atoms with van der Waals surface area (Å²) < 4.78 is 16.5. The first-order valence-corrected chi connectivity index (χ1v) is 13.6. The number of ketones is 2. The first-order chi connectivity index (χ1) is 20.5. The third-order valence-electron chi connectivity index (χ3n) is 6.98. The van der Waals surface area contributed by atoms with Crippen molar-refractivity contribution in [2.24, 2.45) is 0 Å². The molecule has 0 fully saturated rings. The molecule has 0 radical (unpaired) electrons. The lowest BCUT2D eigenvalue weighted by atomic mass is 9.94. The fourth-order valence-corrected chi connectivity index (χ4v) is 4.69. The topological polar surface area (TPSA) is 103 Å². The van der Waals surface area contributed by atoms with Gasteiger partial charge in [0.25, 0.3) is 0 Å². The Balaban J connectivity index is 1.50. The zero-order valence-electron chi connectivity index (χ0n) is 23.8. The minimum Gasteiger partial charge on any atom is -0.493 e. The highest BCUT2D eigenvalue weighted by Gasteiger charge is 2.21. The predicted molar refractivity (Wildman–Crippen MR) is 164 cm³/mol. The molecule has 0 aliphatic heterocycles. The Morgan fingerprint density at radius 2 is 1.74 bits per heavy atom.